The van der Waals surface area contributed by atoms with E-state index in [9.17, 15) is 4.79 Å². The van der Waals surface area contributed by atoms with Gasteiger partial charge in [0.05, 0.1) is 5.92 Å². The van der Waals surface area contributed by atoms with Gasteiger partial charge in [0.15, 0.2) is 0 Å². The van der Waals surface area contributed by atoms with Gasteiger partial charge < -0.3 is 5.32 Å². The number of carbonyl (C=O) groups is 1. The minimum Gasteiger partial charge on any atom is -0.355 e. The van der Waals surface area contributed by atoms with Crippen molar-refractivity contribution in [2.24, 2.45) is 17.8 Å². The van der Waals surface area contributed by atoms with Gasteiger partial charge in [0.2, 0.25) is 5.91 Å². The fourth-order valence-corrected chi connectivity index (χ4v) is 3.49. The van der Waals surface area contributed by atoms with Crippen LogP contribution >= 0.6 is 23.2 Å². The standard InChI is InChI=1S/C11H16Cl2N2O/c1-6-9(11(6,12)13)3-14-10(16)7-2-8-5-15(8)4-7/h6-9H,2-5H2,1H3,(H,14,16)/t6-,7?,8?,9-,15?/m0/s1. The van der Waals surface area contributed by atoms with E-state index in [1.54, 1.807) is 0 Å². The molecule has 3 unspecified atom stereocenters. The number of nitrogens with zero attached hydrogens (tertiary/aromatic N) is 1. The predicted molar refractivity (Wildman–Crippen MR) is 63.6 cm³/mol. The summed E-state index contributed by atoms with van der Waals surface area (Å²) in [6.45, 7) is 4.76. The third-order valence-electron chi connectivity index (χ3n) is 4.30. The maximum atomic E-state index is 11.8. The van der Waals surface area contributed by atoms with Gasteiger partial charge in [0.25, 0.3) is 0 Å². The summed E-state index contributed by atoms with van der Waals surface area (Å²) in [7, 11) is 0. The van der Waals surface area contributed by atoms with Crippen molar-refractivity contribution in [1.82, 2.24) is 10.2 Å². The molecular weight excluding hydrogens is 247 g/mol. The van der Waals surface area contributed by atoms with E-state index in [1.807, 2.05) is 6.92 Å². The Morgan fingerprint density at radius 2 is 2.19 bits per heavy atom. The molecule has 1 saturated carbocycles. The first-order valence-electron chi connectivity index (χ1n) is 5.89. The Bertz CT molecular complexity index is 324. The number of hydrogen-bond acceptors (Lipinski definition) is 2. The van der Waals surface area contributed by atoms with Crippen molar-refractivity contribution in [2.75, 3.05) is 19.6 Å². The molecule has 2 saturated heterocycles. The normalized spacial score (nSPS) is 47.3. The quantitative estimate of drug-likeness (QED) is 0.614. The topological polar surface area (TPSA) is 32.1 Å². The molecule has 0 aromatic rings. The van der Waals surface area contributed by atoms with Crippen LogP contribution in [0.2, 0.25) is 0 Å². The molecule has 2 aliphatic heterocycles. The van der Waals surface area contributed by atoms with Crippen LogP contribution in [0.4, 0.5) is 0 Å². The van der Waals surface area contributed by atoms with Gasteiger partial charge in [0, 0.05) is 31.6 Å². The Kier molecular flexibility index (Phi) is 2.43. The molecule has 1 N–H and O–H groups in total. The summed E-state index contributed by atoms with van der Waals surface area (Å²) < 4.78 is -0.616. The maximum Gasteiger partial charge on any atom is 0.224 e. The van der Waals surface area contributed by atoms with Gasteiger partial charge in [0.1, 0.15) is 4.33 Å². The van der Waals surface area contributed by atoms with Gasteiger partial charge in [-0.2, -0.15) is 0 Å². The molecule has 90 valence electrons. The van der Waals surface area contributed by atoms with Crippen molar-refractivity contribution in [1.29, 1.82) is 0 Å². The molecule has 3 rings (SSSR count). The van der Waals surface area contributed by atoms with E-state index in [0.717, 1.165) is 13.0 Å². The molecule has 5 heteroatoms. The molecule has 16 heavy (non-hydrogen) atoms. The molecule has 1 aliphatic carbocycles. The zero-order valence-electron chi connectivity index (χ0n) is 9.25. The van der Waals surface area contributed by atoms with E-state index in [1.165, 1.54) is 6.54 Å². The van der Waals surface area contributed by atoms with E-state index in [0.29, 0.717) is 12.6 Å². The van der Waals surface area contributed by atoms with E-state index >= 15 is 0 Å². The van der Waals surface area contributed by atoms with Crippen LogP contribution in [0.25, 0.3) is 0 Å². The van der Waals surface area contributed by atoms with Gasteiger partial charge in [-0.05, 0) is 12.3 Å². The van der Waals surface area contributed by atoms with E-state index in [4.69, 9.17) is 23.2 Å². The first-order chi connectivity index (χ1) is 7.50. The van der Waals surface area contributed by atoms with Gasteiger partial charge >= 0.3 is 0 Å². The minimum atomic E-state index is -0.616. The first kappa shape index (κ1) is 11.1. The average Bonchev–Trinajstić information content (AvgIpc) is 3.00. The van der Waals surface area contributed by atoms with Crippen LogP contribution in [0.5, 0.6) is 0 Å². The average molecular weight is 263 g/mol. The monoisotopic (exact) mass is 262 g/mol. The number of rotatable bonds is 3. The van der Waals surface area contributed by atoms with Crippen molar-refractivity contribution in [3.8, 4) is 0 Å². The number of carbonyl (C=O) groups excluding carboxylic acids is 1. The molecule has 1 amide bonds. The lowest BCUT2D eigenvalue weighted by atomic mass is 10.1. The lowest BCUT2D eigenvalue weighted by Crippen LogP contribution is -2.34. The Morgan fingerprint density at radius 1 is 1.50 bits per heavy atom. The fraction of sp³-hybridized carbons (Fsp3) is 0.909. The van der Waals surface area contributed by atoms with Crippen molar-refractivity contribution in [3.05, 3.63) is 0 Å². The molecule has 3 fully saturated rings. The van der Waals surface area contributed by atoms with Gasteiger partial charge in [-0.15, -0.1) is 23.2 Å². The summed E-state index contributed by atoms with van der Waals surface area (Å²) in [6.07, 6.45) is 1.03. The lowest BCUT2D eigenvalue weighted by Gasteiger charge is -2.11. The Labute approximate surface area is 105 Å². The molecule has 0 bridgehead atoms. The second kappa shape index (κ2) is 3.50. The molecule has 3 nitrogen and oxygen atoms in total. The summed E-state index contributed by atoms with van der Waals surface area (Å²) in [5.41, 5.74) is 0. The van der Waals surface area contributed by atoms with Crippen LogP contribution in [0.3, 0.4) is 0 Å². The van der Waals surface area contributed by atoms with Crippen LogP contribution in [0, 0.1) is 17.8 Å². The summed E-state index contributed by atoms with van der Waals surface area (Å²) >= 11 is 12.1. The molecule has 3 aliphatic rings. The molecule has 2 heterocycles. The second-order valence-electron chi connectivity index (χ2n) is 5.36. The van der Waals surface area contributed by atoms with Crippen molar-refractivity contribution in [2.45, 2.75) is 23.7 Å². The highest BCUT2D eigenvalue weighted by atomic mass is 35.5. The molecular formula is C11H16Cl2N2O. The third kappa shape index (κ3) is 1.73. The smallest absolute Gasteiger partial charge is 0.224 e. The number of fused-ring (bicyclic) bond motifs is 1. The molecule has 0 radical (unpaired) electrons. The predicted octanol–water partition coefficient (Wildman–Crippen LogP) is 1.25. The number of hydrogen-bond donors (Lipinski definition) is 1. The maximum absolute atomic E-state index is 11.8. The van der Waals surface area contributed by atoms with Crippen molar-refractivity contribution < 1.29 is 4.79 Å². The molecule has 5 atom stereocenters. The van der Waals surface area contributed by atoms with Gasteiger partial charge in [-0.3, -0.25) is 9.69 Å². The number of alkyl halides is 2. The second-order valence-corrected chi connectivity index (χ2v) is 6.80. The highest BCUT2D eigenvalue weighted by Crippen LogP contribution is 2.58. The number of nitrogens with one attached hydrogen (secondary N) is 1. The Balaban J connectivity index is 1.44. The highest BCUT2D eigenvalue weighted by Gasteiger charge is 2.60. The Morgan fingerprint density at radius 3 is 2.69 bits per heavy atom. The number of amides is 1. The highest BCUT2D eigenvalue weighted by molar-refractivity contribution is 6.51. The fourth-order valence-electron chi connectivity index (χ4n) is 2.77. The van der Waals surface area contributed by atoms with Crippen LogP contribution in [0.1, 0.15) is 13.3 Å². The number of halogens is 2. The number of piperidine rings is 1. The van der Waals surface area contributed by atoms with E-state index < -0.39 is 4.33 Å². The van der Waals surface area contributed by atoms with Crippen LogP contribution < -0.4 is 5.32 Å². The summed E-state index contributed by atoms with van der Waals surface area (Å²) in [5.74, 6) is 0.871. The minimum absolute atomic E-state index is 0.176. The summed E-state index contributed by atoms with van der Waals surface area (Å²) in [4.78, 5) is 14.2. The molecule has 0 aromatic carbocycles. The zero-order chi connectivity index (χ0) is 11.5. The SMILES string of the molecule is C[C@H]1[C@H](CNC(=O)C2CC3CN3C2)C1(Cl)Cl. The van der Waals surface area contributed by atoms with Crippen LogP contribution in [-0.2, 0) is 4.79 Å². The Hall–Kier alpha value is 0.01000. The van der Waals surface area contributed by atoms with E-state index in [-0.39, 0.29) is 23.7 Å². The van der Waals surface area contributed by atoms with E-state index in [2.05, 4.69) is 10.2 Å². The first-order valence-corrected chi connectivity index (χ1v) is 6.65. The van der Waals surface area contributed by atoms with Crippen LogP contribution in [-0.4, -0.2) is 40.8 Å². The van der Waals surface area contributed by atoms with Crippen molar-refractivity contribution >= 4 is 29.1 Å². The lowest BCUT2D eigenvalue weighted by molar-refractivity contribution is -0.124. The van der Waals surface area contributed by atoms with Gasteiger partial charge in [-0.25, -0.2) is 0 Å². The van der Waals surface area contributed by atoms with Gasteiger partial charge in [-0.1, -0.05) is 6.92 Å². The summed E-state index contributed by atoms with van der Waals surface area (Å²) in [5, 5.41) is 2.98. The molecule has 0 aromatic heterocycles. The van der Waals surface area contributed by atoms with Crippen molar-refractivity contribution in [3.63, 3.8) is 0 Å². The summed E-state index contributed by atoms with van der Waals surface area (Å²) in [6, 6.07) is 0.691. The largest absolute Gasteiger partial charge is 0.355 e. The third-order valence-corrected chi connectivity index (χ3v) is 5.55. The van der Waals surface area contributed by atoms with Crippen LogP contribution in [0.15, 0.2) is 0 Å². The zero-order valence-corrected chi connectivity index (χ0v) is 10.8. The molecule has 0 spiro atoms.